The maximum Gasteiger partial charge on any atom is 0.416 e. The van der Waals surface area contributed by atoms with Crippen molar-refractivity contribution in [2.75, 3.05) is 31.1 Å². The Balaban J connectivity index is 1.72. The smallest absolute Gasteiger partial charge is 0.355 e. The lowest BCUT2D eigenvalue weighted by Crippen LogP contribution is -2.35. The van der Waals surface area contributed by atoms with Crippen LogP contribution < -0.4 is 4.90 Å². The zero-order valence-electron chi connectivity index (χ0n) is 13.8. The molecular formula is C18H17F4N3O. The molecule has 0 radical (unpaired) electrons. The highest BCUT2D eigenvalue weighted by molar-refractivity contribution is 5.94. The van der Waals surface area contributed by atoms with E-state index in [0.717, 1.165) is 18.3 Å². The van der Waals surface area contributed by atoms with Gasteiger partial charge in [-0.05, 0) is 36.8 Å². The van der Waals surface area contributed by atoms with E-state index in [9.17, 15) is 22.4 Å². The Morgan fingerprint density at radius 2 is 1.85 bits per heavy atom. The fourth-order valence-corrected chi connectivity index (χ4v) is 2.92. The van der Waals surface area contributed by atoms with Crippen molar-refractivity contribution < 1.29 is 22.4 Å². The molecular weight excluding hydrogens is 350 g/mol. The van der Waals surface area contributed by atoms with Crippen LogP contribution in [0.1, 0.15) is 22.3 Å². The summed E-state index contributed by atoms with van der Waals surface area (Å²) in [5.41, 5.74) is -0.491. The molecule has 3 rings (SSSR count). The summed E-state index contributed by atoms with van der Waals surface area (Å²) in [6, 6.07) is 7.41. The van der Waals surface area contributed by atoms with E-state index >= 15 is 0 Å². The molecule has 2 aromatic rings. The van der Waals surface area contributed by atoms with Crippen molar-refractivity contribution in [1.29, 1.82) is 0 Å². The third kappa shape index (κ3) is 4.12. The second kappa shape index (κ2) is 7.31. The van der Waals surface area contributed by atoms with Crippen LogP contribution in [0.2, 0.25) is 0 Å². The van der Waals surface area contributed by atoms with Gasteiger partial charge in [-0.25, -0.2) is 9.37 Å². The predicted octanol–water partition coefficient (Wildman–Crippen LogP) is 3.59. The number of rotatable bonds is 2. The molecule has 1 fully saturated rings. The van der Waals surface area contributed by atoms with E-state index in [-0.39, 0.29) is 17.3 Å². The first-order chi connectivity index (χ1) is 12.3. The summed E-state index contributed by atoms with van der Waals surface area (Å²) < 4.78 is 51.9. The Morgan fingerprint density at radius 1 is 1.04 bits per heavy atom. The lowest BCUT2D eigenvalue weighted by Gasteiger charge is -2.23. The van der Waals surface area contributed by atoms with E-state index in [2.05, 4.69) is 4.98 Å². The summed E-state index contributed by atoms with van der Waals surface area (Å²) in [5.74, 6) is -0.538. The minimum atomic E-state index is -4.43. The zero-order valence-corrected chi connectivity index (χ0v) is 13.8. The van der Waals surface area contributed by atoms with Crippen LogP contribution in [-0.2, 0) is 6.18 Å². The second-order valence-corrected chi connectivity index (χ2v) is 6.04. The number of pyridine rings is 1. The highest BCUT2D eigenvalue weighted by Crippen LogP contribution is 2.30. The van der Waals surface area contributed by atoms with Gasteiger partial charge in [-0.15, -0.1) is 0 Å². The Morgan fingerprint density at radius 3 is 2.58 bits per heavy atom. The van der Waals surface area contributed by atoms with Crippen molar-refractivity contribution in [3.05, 3.63) is 59.5 Å². The number of amides is 1. The average Bonchev–Trinajstić information content (AvgIpc) is 2.87. The molecule has 0 aliphatic carbocycles. The second-order valence-electron chi connectivity index (χ2n) is 6.04. The van der Waals surface area contributed by atoms with E-state index in [1.165, 1.54) is 18.2 Å². The Bertz CT molecular complexity index is 794. The van der Waals surface area contributed by atoms with E-state index in [1.54, 1.807) is 15.9 Å². The topological polar surface area (TPSA) is 36.4 Å². The fourth-order valence-electron chi connectivity index (χ4n) is 2.92. The van der Waals surface area contributed by atoms with Crippen LogP contribution in [0.4, 0.5) is 23.4 Å². The number of hydrogen-bond acceptors (Lipinski definition) is 3. The Labute approximate surface area is 148 Å². The summed E-state index contributed by atoms with van der Waals surface area (Å²) in [6.45, 7) is 1.62. The molecule has 1 amide bonds. The van der Waals surface area contributed by atoms with E-state index in [0.29, 0.717) is 32.6 Å². The highest BCUT2D eigenvalue weighted by atomic mass is 19.4. The maximum atomic E-state index is 13.3. The summed E-state index contributed by atoms with van der Waals surface area (Å²) in [6.07, 6.45) is -2.71. The van der Waals surface area contributed by atoms with Gasteiger partial charge in [-0.3, -0.25) is 4.79 Å². The number of carbonyl (C=O) groups excluding carboxylic acids is 1. The SMILES string of the molecule is O=C(c1cccc(F)c1)N1CCCN(c2cc(C(F)(F)F)ccn2)CC1. The lowest BCUT2D eigenvalue weighted by molar-refractivity contribution is -0.137. The molecule has 2 heterocycles. The molecule has 1 aliphatic heterocycles. The van der Waals surface area contributed by atoms with Gasteiger partial charge >= 0.3 is 6.18 Å². The number of carbonyl (C=O) groups is 1. The van der Waals surface area contributed by atoms with Gasteiger partial charge < -0.3 is 9.80 Å². The minimum absolute atomic E-state index is 0.236. The summed E-state index contributed by atoms with van der Waals surface area (Å²) >= 11 is 0. The van der Waals surface area contributed by atoms with Gasteiger partial charge in [0.25, 0.3) is 5.91 Å². The van der Waals surface area contributed by atoms with E-state index < -0.39 is 17.6 Å². The van der Waals surface area contributed by atoms with E-state index in [4.69, 9.17) is 0 Å². The van der Waals surface area contributed by atoms with Crippen LogP contribution in [0, 0.1) is 5.82 Å². The quantitative estimate of drug-likeness (QED) is 0.761. The van der Waals surface area contributed by atoms with Gasteiger partial charge in [0.2, 0.25) is 0 Å². The molecule has 1 saturated heterocycles. The van der Waals surface area contributed by atoms with Crippen molar-refractivity contribution in [3.63, 3.8) is 0 Å². The molecule has 1 aromatic heterocycles. The third-order valence-corrected chi connectivity index (χ3v) is 4.25. The van der Waals surface area contributed by atoms with Gasteiger partial charge in [0.05, 0.1) is 5.56 Å². The van der Waals surface area contributed by atoms with Gasteiger partial charge in [0.1, 0.15) is 11.6 Å². The lowest BCUT2D eigenvalue weighted by atomic mass is 10.2. The number of benzene rings is 1. The fraction of sp³-hybridized carbons (Fsp3) is 0.333. The largest absolute Gasteiger partial charge is 0.416 e. The van der Waals surface area contributed by atoms with Crippen molar-refractivity contribution >= 4 is 11.7 Å². The van der Waals surface area contributed by atoms with Gasteiger partial charge in [0.15, 0.2) is 0 Å². The van der Waals surface area contributed by atoms with E-state index in [1.807, 2.05) is 0 Å². The molecule has 26 heavy (non-hydrogen) atoms. The molecule has 0 N–H and O–H groups in total. The first-order valence-electron chi connectivity index (χ1n) is 8.17. The van der Waals surface area contributed by atoms with Crippen molar-refractivity contribution in [2.45, 2.75) is 12.6 Å². The molecule has 4 nitrogen and oxygen atoms in total. The normalized spacial score (nSPS) is 15.7. The average molecular weight is 367 g/mol. The molecule has 1 aliphatic rings. The number of nitrogens with zero attached hydrogens (tertiary/aromatic N) is 3. The van der Waals surface area contributed by atoms with Gasteiger partial charge in [-0.1, -0.05) is 6.07 Å². The van der Waals surface area contributed by atoms with Crippen LogP contribution in [-0.4, -0.2) is 42.0 Å². The molecule has 0 unspecified atom stereocenters. The van der Waals surface area contributed by atoms with Crippen LogP contribution >= 0.6 is 0 Å². The van der Waals surface area contributed by atoms with Crippen LogP contribution in [0.5, 0.6) is 0 Å². The first kappa shape index (κ1) is 18.2. The van der Waals surface area contributed by atoms with Crippen LogP contribution in [0.15, 0.2) is 42.6 Å². The number of halogens is 4. The standard InChI is InChI=1S/C18H17F4N3O/c19-15-4-1-3-13(11-15)17(26)25-8-2-7-24(9-10-25)16-12-14(5-6-23-16)18(20,21)22/h1,3-6,11-12H,2,7-10H2. The zero-order chi connectivity index (χ0) is 18.7. The summed E-state index contributed by atoms with van der Waals surface area (Å²) in [7, 11) is 0. The van der Waals surface area contributed by atoms with Crippen LogP contribution in [0.3, 0.4) is 0 Å². The number of anilines is 1. The first-order valence-corrected chi connectivity index (χ1v) is 8.17. The van der Waals surface area contributed by atoms with Crippen molar-refractivity contribution in [1.82, 2.24) is 9.88 Å². The van der Waals surface area contributed by atoms with Crippen molar-refractivity contribution in [3.8, 4) is 0 Å². The number of alkyl halides is 3. The van der Waals surface area contributed by atoms with Crippen LogP contribution in [0.25, 0.3) is 0 Å². The minimum Gasteiger partial charge on any atom is -0.355 e. The van der Waals surface area contributed by atoms with Gasteiger partial charge in [-0.2, -0.15) is 13.2 Å². The third-order valence-electron chi connectivity index (χ3n) is 4.25. The Hall–Kier alpha value is -2.64. The molecule has 0 atom stereocenters. The summed E-state index contributed by atoms with van der Waals surface area (Å²) in [5, 5.41) is 0. The predicted molar refractivity (Wildman–Crippen MR) is 88.4 cm³/mol. The highest BCUT2D eigenvalue weighted by Gasteiger charge is 2.31. The van der Waals surface area contributed by atoms with Crippen molar-refractivity contribution in [2.24, 2.45) is 0 Å². The molecule has 8 heteroatoms. The molecule has 138 valence electrons. The summed E-state index contributed by atoms with van der Waals surface area (Å²) in [4.78, 5) is 19.9. The number of hydrogen-bond donors (Lipinski definition) is 0. The molecule has 0 spiro atoms. The Kier molecular flexibility index (Phi) is 5.11. The molecule has 0 saturated carbocycles. The van der Waals surface area contributed by atoms with Gasteiger partial charge in [0, 0.05) is 37.9 Å². The maximum absolute atomic E-state index is 13.3. The molecule has 1 aromatic carbocycles. The molecule has 0 bridgehead atoms. The monoisotopic (exact) mass is 367 g/mol. The number of aromatic nitrogens is 1.